The summed E-state index contributed by atoms with van der Waals surface area (Å²) >= 11 is 0. The molecule has 0 saturated carbocycles. The molecule has 2 aromatic rings. The zero-order chi connectivity index (χ0) is 11.3. The van der Waals surface area contributed by atoms with Crippen LogP contribution in [-0.4, -0.2) is 4.98 Å². The standard InChI is InChI=1S/C15H19N/c1-10-8-9-15(2,3)14-13(10)11-6-4-5-7-12(11)16-14/h4-7,10,16H,8-9H2,1-3H3. The van der Waals surface area contributed by atoms with Crippen LogP contribution in [0.2, 0.25) is 0 Å². The highest BCUT2D eigenvalue weighted by atomic mass is 14.8. The summed E-state index contributed by atoms with van der Waals surface area (Å²) in [5.74, 6) is 0.694. The average molecular weight is 213 g/mol. The molecule has 1 aliphatic carbocycles. The van der Waals surface area contributed by atoms with Gasteiger partial charge >= 0.3 is 0 Å². The zero-order valence-electron chi connectivity index (χ0n) is 10.3. The Labute approximate surface area is 96.9 Å². The first-order valence-corrected chi connectivity index (χ1v) is 6.21. The van der Waals surface area contributed by atoms with E-state index in [0.717, 1.165) is 0 Å². The molecule has 0 saturated heterocycles. The van der Waals surface area contributed by atoms with Crippen LogP contribution < -0.4 is 0 Å². The number of H-pyrrole nitrogens is 1. The van der Waals surface area contributed by atoms with Crippen molar-refractivity contribution in [2.45, 2.75) is 44.9 Å². The summed E-state index contributed by atoms with van der Waals surface area (Å²) in [5, 5.41) is 1.43. The number of fused-ring (bicyclic) bond motifs is 3. The quantitative estimate of drug-likeness (QED) is 0.670. The Kier molecular flexibility index (Phi) is 1.95. The number of hydrogen-bond acceptors (Lipinski definition) is 0. The Morgan fingerprint density at radius 3 is 2.81 bits per heavy atom. The molecule has 1 atom stereocenters. The van der Waals surface area contributed by atoms with Crippen LogP contribution in [0.5, 0.6) is 0 Å². The third-order valence-electron chi connectivity index (χ3n) is 4.12. The first kappa shape index (κ1) is 9.95. The number of benzene rings is 1. The van der Waals surface area contributed by atoms with Crippen molar-refractivity contribution < 1.29 is 0 Å². The largest absolute Gasteiger partial charge is 0.358 e. The fourth-order valence-corrected chi connectivity index (χ4v) is 3.06. The van der Waals surface area contributed by atoms with Crippen LogP contribution >= 0.6 is 0 Å². The van der Waals surface area contributed by atoms with Gasteiger partial charge in [0.05, 0.1) is 0 Å². The first-order chi connectivity index (χ1) is 7.59. The van der Waals surface area contributed by atoms with Crippen molar-refractivity contribution in [3.05, 3.63) is 35.5 Å². The molecule has 1 aromatic carbocycles. The van der Waals surface area contributed by atoms with Crippen molar-refractivity contribution in [2.24, 2.45) is 0 Å². The third-order valence-corrected chi connectivity index (χ3v) is 4.12. The summed E-state index contributed by atoms with van der Waals surface area (Å²) in [5.41, 5.74) is 4.63. The molecule has 0 fully saturated rings. The first-order valence-electron chi connectivity index (χ1n) is 6.21. The normalized spacial score (nSPS) is 23.3. The number of rotatable bonds is 0. The lowest BCUT2D eigenvalue weighted by atomic mass is 9.72. The Morgan fingerprint density at radius 2 is 2.00 bits per heavy atom. The molecule has 0 bridgehead atoms. The molecule has 1 nitrogen and oxygen atoms in total. The molecule has 0 spiro atoms. The lowest BCUT2D eigenvalue weighted by Crippen LogP contribution is -2.25. The lowest BCUT2D eigenvalue weighted by Gasteiger charge is -2.33. The fourth-order valence-electron chi connectivity index (χ4n) is 3.06. The Balaban J connectivity index is 2.36. The smallest absolute Gasteiger partial charge is 0.0459 e. The van der Waals surface area contributed by atoms with Crippen molar-refractivity contribution in [1.82, 2.24) is 4.98 Å². The van der Waals surface area contributed by atoms with Gasteiger partial charge in [0.2, 0.25) is 0 Å². The van der Waals surface area contributed by atoms with Crippen LogP contribution in [0.4, 0.5) is 0 Å². The van der Waals surface area contributed by atoms with Gasteiger partial charge in [-0.05, 0) is 30.4 Å². The van der Waals surface area contributed by atoms with Crippen molar-refractivity contribution >= 4 is 10.9 Å². The molecule has 0 radical (unpaired) electrons. The predicted molar refractivity (Wildman–Crippen MR) is 69.0 cm³/mol. The van der Waals surface area contributed by atoms with Crippen LogP contribution in [-0.2, 0) is 5.41 Å². The molecule has 1 aliphatic rings. The van der Waals surface area contributed by atoms with Crippen LogP contribution in [0.15, 0.2) is 24.3 Å². The van der Waals surface area contributed by atoms with Gasteiger partial charge in [0.1, 0.15) is 0 Å². The van der Waals surface area contributed by atoms with E-state index < -0.39 is 0 Å². The topological polar surface area (TPSA) is 15.8 Å². The van der Waals surface area contributed by atoms with Crippen molar-refractivity contribution in [1.29, 1.82) is 0 Å². The van der Waals surface area contributed by atoms with Gasteiger partial charge in [-0.1, -0.05) is 39.0 Å². The van der Waals surface area contributed by atoms with Crippen LogP contribution in [0.25, 0.3) is 10.9 Å². The molecule has 0 amide bonds. The fraction of sp³-hybridized carbons (Fsp3) is 0.467. The SMILES string of the molecule is CC1CCC(C)(C)c2[nH]c3ccccc3c21. The van der Waals surface area contributed by atoms with Crippen LogP contribution in [0, 0.1) is 0 Å². The van der Waals surface area contributed by atoms with Gasteiger partial charge in [-0.3, -0.25) is 0 Å². The highest BCUT2D eigenvalue weighted by Crippen LogP contribution is 2.45. The Morgan fingerprint density at radius 1 is 1.25 bits per heavy atom. The number of aromatic nitrogens is 1. The highest BCUT2D eigenvalue weighted by molar-refractivity contribution is 5.85. The molecule has 1 heteroatoms. The molecule has 1 heterocycles. The molecular formula is C15H19N. The number of hydrogen-bond donors (Lipinski definition) is 1. The van der Waals surface area contributed by atoms with E-state index in [2.05, 4.69) is 50.0 Å². The Hall–Kier alpha value is -1.24. The van der Waals surface area contributed by atoms with Gasteiger partial charge in [0.25, 0.3) is 0 Å². The van der Waals surface area contributed by atoms with Gasteiger partial charge in [-0.25, -0.2) is 0 Å². The van der Waals surface area contributed by atoms with E-state index in [-0.39, 0.29) is 0 Å². The second kappa shape index (κ2) is 3.13. The maximum Gasteiger partial charge on any atom is 0.0459 e. The molecular weight excluding hydrogens is 194 g/mol. The average Bonchev–Trinajstić information content (AvgIpc) is 2.65. The zero-order valence-corrected chi connectivity index (χ0v) is 10.3. The minimum absolute atomic E-state index is 0.306. The van der Waals surface area contributed by atoms with E-state index in [9.17, 15) is 0 Å². The molecule has 84 valence electrons. The van der Waals surface area contributed by atoms with E-state index in [0.29, 0.717) is 11.3 Å². The molecule has 3 rings (SSSR count). The number of para-hydroxylation sites is 1. The second-order valence-electron chi connectivity index (χ2n) is 5.78. The summed E-state index contributed by atoms with van der Waals surface area (Å²) in [6.07, 6.45) is 2.59. The summed E-state index contributed by atoms with van der Waals surface area (Å²) in [6.45, 7) is 7.06. The maximum atomic E-state index is 3.64. The number of aromatic amines is 1. The van der Waals surface area contributed by atoms with Gasteiger partial charge < -0.3 is 4.98 Å². The monoisotopic (exact) mass is 213 g/mol. The Bertz CT molecular complexity index is 533. The maximum absolute atomic E-state index is 3.64. The lowest BCUT2D eigenvalue weighted by molar-refractivity contribution is 0.396. The molecule has 0 aliphatic heterocycles. The van der Waals surface area contributed by atoms with Gasteiger partial charge in [-0.2, -0.15) is 0 Å². The van der Waals surface area contributed by atoms with E-state index in [1.54, 1.807) is 5.56 Å². The van der Waals surface area contributed by atoms with Crippen LogP contribution in [0.1, 0.15) is 50.8 Å². The predicted octanol–water partition coefficient (Wildman–Crippen LogP) is 4.34. The van der Waals surface area contributed by atoms with Crippen molar-refractivity contribution in [3.63, 3.8) is 0 Å². The minimum atomic E-state index is 0.306. The molecule has 1 aromatic heterocycles. The van der Waals surface area contributed by atoms with Gasteiger partial charge in [-0.15, -0.1) is 0 Å². The summed E-state index contributed by atoms with van der Waals surface area (Å²) in [7, 11) is 0. The summed E-state index contributed by atoms with van der Waals surface area (Å²) in [4.78, 5) is 3.64. The molecule has 1 unspecified atom stereocenters. The van der Waals surface area contributed by atoms with E-state index in [4.69, 9.17) is 0 Å². The molecule has 1 N–H and O–H groups in total. The molecule has 16 heavy (non-hydrogen) atoms. The summed E-state index contributed by atoms with van der Waals surface area (Å²) in [6, 6.07) is 8.70. The second-order valence-corrected chi connectivity index (χ2v) is 5.78. The van der Waals surface area contributed by atoms with Gasteiger partial charge in [0, 0.05) is 22.0 Å². The minimum Gasteiger partial charge on any atom is -0.358 e. The van der Waals surface area contributed by atoms with E-state index in [1.807, 2.05) is 0 Å². The van der Waals surface area contributed by atoms with Crippen molar-refractivity contribution in [2.75, 3.05) is 0 Å². The highest BCUT2D eigenvalue weighted by Gasteiger charge is 2.33. The third kappa shape index (κ3) is 1.24. The van der Waals surface area contributed by atoms with Crippen molar-refractivity contribution in [3.8, 4) is 0 Å². The van der Waals surface area contributed by atoms with Gasteiger partial charge in [0.15, 0.2) is 0 Å². The summed E-state index contributed by atoms with van der Waals surface area (Å²) < 4.78 is 0. The number of nitrogens with one attached hydrogen (secondary N) is 1. The van der Waals surface area contributed by atoms with E-state index in [1.165, 1.54) is 29.4 Å². The van der Waals surface area contributed by atoms with E-state index >= 15 is 0 Å². The van der Waals surface area contributed by atoms with Crippen LogP contribution in [0.3, 0.4) is 0 Å².